The molecule has 20 heavy (non-hydrogen) atoms. The maximum Gasteiger partial charge on any atom is 0.167 e. The lowest BCUT2D eigenvalue weighted by Crippen LogP contribution is -2.12. The van der Waals surface area contributed by atoms with Crippen LogP contribution in [-0.4, -0.2) is 16.3 Å². The van der Waals surface area contributed by atoms with E-state index in [2.05, 4.69) is 21.8 Å². The molecular formula is C16H14N2OS. The third kappa shape index (κ3) is 2.63. The molecule has 3 rings (SSSR count). The first-order chi connectivity index (χ1) is 9.76. The summed E-state index contributed by atoms with van der Waals surface area (Å²) in [5, 5.41) is 2.80. The molecule has 0 bridgehead atoms. The molecule has 1 atom stereocenters. The zero-order valence-corrected chi connectivity index (χ0v) is 12.0. The van der Waals surface area contributed by atoms with E-state index in [1.54, 1.807) is 11.3 Å². The largest absolute Gasteiger partial charge is 0.303 e. The lowest BCUT2D eigenvalue weighted by Gasteiger charge is -2.20. The molecule has 0 aliphatic heterocycles. The number of pyridine rings is 1. The van der Waals surface area contributed by atoms with E-state index in [-0.39, 0.29) is 5.92 Å². The maximum atomic E-state index is 11.1. The van der Waals surface area contributed by atoms with Crippen molar-refractivity contribution in [2.45, 2.75) is 32.1 Å². The van der Waals surface area contributed by atoms with Gasteiger partial charge in [0.25, 0.3) is 0 Å². The molecule has 3 nitrogen and oxygen atoms in total. The molecule has 0 aromatic carbocycles. The van der Waals surface area contributed by atoms with Crippen LogP contribution in [0.15, 0.2) is 17.5 Å². The third-order valence-corrected chi connectivity index (χ3v) is 4.29. The van der Waals surface area contributed by atoms with Gasteiger partial charge in [-0.05, 0) is 49.7 Å². The molecule has 100 valence electrons. The van der Waals surface area contributed by atoms with E-state index in [4.69, 9.17) is 0 Å². The number of rotatable bonds is 1. The molecule has 1 aliphatic carbocycles. The number of hydrogen-bond acceptors (Lipinski definition) is 4. The summed E-state index contributed by atoms with van der Waals surface area (Å²) in [5.74, 6) is 6.10. The summed E-state index contributed by atoms with van der Waals surface area (Å²) in [6.45, 7) is 1.96. The van der Waals surface area contributed by atoms with Gasteiger partial charge in [0.15, 0.2) is 5.01 Å². The van der Waals surface area contributed by atoms with Crippen molar-refractivity contribution in [3.8, 4) is 11.8 Å². The van der Waals surface area contributed by atoms with Crippen LogP contribution in [0.3, 0.4) is 0 Å². The van der Waals surface area contributed by atoms with Crippen molar-refractivity contribution >= 4 is 17.6 Å². The highest BCUT2D eigenvalue weighted by Crippen LogP contribution is 2.28. The average molecular weight is 282 g/mol. The first-order valence-corrected chi connectivity index (χ1v) is 7.53. The van der Waals surface area contributed by atoms with E-state index in [1.165, 1.54) is 0 Å². The summed E-state index contributed by atoms with van der Waals surface area (Å²) in [4.78, 5) is 19.9. The normalized spacial score (nSPS) is 16.9. The van der Waals surface area contributed by atoms with E-state index in [1.807, 2.05) is 24.4 Å². The van der Waals surface area contributed by atoms with Gasteiger partial charge in [0.1, 0.15) is 12.0 Å². The lowest BCUT2D eigenvalue weighted by molar-refractivity contribution is -0.109. The Kier molecular flexibility index (Phi) is 3.62. The number of fused-ring (bicyclic) bond motifs is 1. The lowest BCUT2D eigenvalue weighted by atomic mass is 9.86. The summed E-state index contributed by atoms with van der Waals surface area (Å²) in [7, 11) is 0. The number of aryl methyl sites for hydroxylation is 2. The topological polar surface area (TPSA) is 42.9 Å². The van der Waals surface area contributed by atoms with Crippen LogP contribution in [0.25, 0.3) is 0 Å². The second kappa shape index (κ2) is 5.56. The van der Waals surface area contributed by atoms with E-state index in [0.29, 0.717) is 0 Å². The average Bonchev–Trinajstić information content (AvgIpc) is 2.89. The minimum Gasteiger partial charge on any atom is -0.303 e. The van der Waals surface area contributed by atoms with Gasteiger partial charge in [0.05, 0.1) is 0 Å². The third-order valence-electron chi connectivity index (χ3n) is 3.42. The minimum absolute atomic E-state index is 0.00914. The fraction of sp³-hybridized carbons (Fsp3) is 0.312. The summed E-state index contributed by atoms with van der Waals surface area (Å²) < 4.78 is 0. The quantitative estimate of drug-likeness (QED) is 0.596. The molecule has 2 aromatic heterocycles. The first kappa shape index (κ1) is 13.0. The van der Waals surface area contributed by atoms with Crippen LogP contribution in [0.4, 0.5) is 0 Å². The fourth-order valence-corrected chi connectivity index (χ4v) is 3.08. The van der Waals surface area contributed by atoms with Crippen molar-refractivity contribution in [1.29, 1.82) is 0 Å². The van der Waals surface area contributed by atoms with Crippen molar-refractivity contribution in [2.24, 2.45) is 0 Å². The Bertz CT molecular complexity index is 709. The van der Waals surface area contributed by atoms with Gasteiger partial charge in [0.2, 0.25) is 0 Å². The number of aldehydes is 1. The molecule has 0 radical (unpaired) electrons. The van der Waals surface area contributed by atoms with Crippen LogP contribution in [0.5, 0.6) is 0 Å². The molecule has 0 saturated carbocycles. The SMILES string of the molecule is Cc1csc(C#Cc2ccc3c(n2)CCCC3C=O)n1. The smallest absolute Gasteiger partial charge is 0.167 e. The molecule has 0 spiro atoms. The van der Waals surface area contributed by atoms with Crippen LogP contribution in [-0.2, 0) is 11.2 Å². The molecular weight excluding hydrogens is 268 g/mol. The highest BCUT2D eigenvalue weighted by Gasteiger charge is 2.20. The number of carbonyl (C=O) groups excluding carboxylic acids is 1. The van der Waals surface area contributed by atoms with Crippen LogP contribution in [0, 0.1) is 18.8 Å². The van der Waals surface area contributed by atoms with Gasteiger partial charge in [-0.2, -0.15) is 0 Å². The van der Waals surface area contributed by atoms with Crippen LogP contribution < -0.4 is 0 Å². The van der Waals surface area contributed by atoms with Gasteiger partial charge in [-0.25, -0.2) is 9.97 Å². The zero-order valence-electron chi connectivity index (χ0n) is 11.2. The Morgan fingerprint density at radius 1 is 1.35 bits per heavy atom. The van der Waals surface area contributed by atoms with E-state index in [0.717, 1.165) is 53.2 Å². The molecule has 2 aromatic rings. The number of carbonyl (C=O) groups is 1. The van der Waals surface area contributed by atoms with Crippen LogP contribution in [0.1, 0.15) is 46.4 Å². The summed E-state index contributed by atoms with van der Waals surface area (Å²) in [6.07, 6.45) is 3.92. The Morgan fingerprint density at radius 3 is 3.00 bits per heavy atom. The van der Waals surface area contributed by atoms with E-state index >= 15 is 0 Å². The van der Waals surface area contributed by atoms with Crippen molar-refractivity contribution in [3.05, 3.63) is 45.2 Å². The number of hydrogen-bond donors (Lipinski definition) is 0. The minimum atomic E-state index is 0.00914. The Labute approximate surface area is 122 Å². The van der Waals surface area contributed by atoms with Crippen LogP contribution in [0.2, 0.25) is 0 Å². The van der Waals surface area contributed by atoms with Crippen molar-refractivity contribution < 1.29 is 4.79 Å². The van der Waals surface area contributed by atoms with Crippen LogP contribution >= 0.6 is 11.3 Å². The second-order valence-corrected chi connectivity index (χ2v) is 5.77. The van der Waals surface area contributed by atoms with Crippen molar-refractivity contribution in [3.63, 3.8) is 0 Å². The molecule has 1 aliphatic rings. The van der Waals surface area contributed by atoms with Crippen molar-refractivity contribution in [1.82, 2.24) is 9.97 Å². The number of nitrogens with zero attached hydrogens (tertiary/aromatic N) is 2. The van der Waals surface area contributed by atoms with E-state index in [9.17, 15) is 4.79 Å². The molecule has 0 saturated heterocycles. The predicted molar refractivity (Wildman–Crippen MR) is 78.8 cm³/mol. The van der Waals surface area contributed by atoms with Gasteiger partial charge in [0, 0.05) is 22.7 Å². The number of thiazole rings is 1. The van der Waals surface area contributed by atoms with Gasteiger partial charge < -0.3 is 4.79 Å². The molecule has 0 fully saturated rings. The molecule has 4 heteroatoms. The van der Waals surface area contributed by atoms with Gasteiger partial charge in [-0.3, -0.25) is 0 Å². The highest BCUT2D eigenvalue weighted by atomic mass is 32.1. The highest BCUT2D eigenvalue weighted by molar-refractivity contribution is 7.10. The Morgan fingerprint density at radius 2 is 2.25 bits per heavy atom. The standard InChI is InChI=1S/C16H14N2OS/c1-11-10-20-16(17-11)8-6-13-5-7-14-12(9-19)3-2-4-15(14)18-13/h5,7,9-10,12H,2-4H2,1H3. The Hall–Kier alpha value is -1.99. The van der Waals surface area contributed by atoms with Gasteiger partial charge in [-0.15, -0.1) is 11.3 Å². The van der Waals surface area contributed by atoms with Gasteiger partial charge in [-0.1, -0.05) is 6.07 Å². The molecule has 0 amide bonds. The number of aromatic nitrogens is 2. The zero-order chi connectivity index (χ0) is 13.9. The van der Waals surface area contributed by atoms with Crippen molar-refractivity contribution in [2.75, 3.05) is 0 Å². The maximum absolute atomic E-state index is 11.1. The second-order valence-electron chi connectivity index (χ2n) is 4.91. The first-order valence-electron chi connectivity index (χ1n) is 6.65. The molecule has 2 heterocycles. The summed E-state index contributed by atoms with van der Waals surface area (Å²) in [6, 6.07) is 3.89. The summed E-state index contributed by atoms with van der Waals surface area (Å²) in [5.41, 5.74) is 3.84. The monoisotopic (exact) mass is 282 g/mol. The fourth-order valence-electron chi connectivity index (χ4n) is 2.43. The predicted octanol–water partition coefficient (Wildman–Crippen LogP) is 2.87. The molecule has 0 N–H and O–H groups in total. The summed E-state index contributed by atoms with van der Waals surface area (Å²) >= 11 is 1.54. The van der Waals surface area contributed by atoms with Gasteiger partial charge >= 0.3 is 0 Å². The Balaban J connectivity index is 1.89. The van der Waals surface area contributed by atoms with E-state index < -0.39 is 0 Å². The molecule has 1 unspecified atom stereocenters.